The molecule has 0 saturated carbocycles. The first kappa shape index (κ1) is 9.05. The zero-order valence-electron chi connectivity index (χ0n) is 8.13. The average Bonchev–Trinajstić information content (AvgIpc) is 2.32. The summed E-state index contributed by atoms with van der Waals surface area (Å²) in [6, 6.07) is 0. The van der Waals surface area contributed by atoms with Crippen LogP contribution in [0.15, 0.2) is 0 Å². The van der Waals surface area contributed by atoms with Crippen molar-refractivity contribution >= 4 is 0 Å². The van der Waals surface area contributed by atoms with Crippen LogP contribution in [0.25, 0.3) is 0 Å². The topological polar surface area (TPSA) is 9.23 Å². The Hall–Kier alpha value is -0.0400. The van der Waals surface area contributed by atoms with Gasteiger partial charge in [-0.3, -0.25) is 0 Å². The minimum absolute atomic E-state index is 0.782. The average molecular weight is 156 g/mol. The van der Waals surface area contributed by atoms with Crippen molar-refractivity contribution < 1.29 is 4.74 Å². The number of hydrogen-bond donors (Lipinski definition) is 0. The Kier molecular flexibility index (Phi) is 2.94. The quantitative estimate of drug-likeness (QED) is 0.597. The highest BCUT2D eigenvalue weighted by Gasteiger charge is 2.32. The summed E-state index contributed by atoms with van der Waals surface area (Å²) >= 11 is 0. The maximum Gasteiger partial charge on any atom is 0.0500 e. The van der Waals surface area contributed by atoms with Gasteiger partial charge in [-0.25, -0.2) is 0 Å². The second-order valence-electron chi connectivity index (χ2n) is 4.35. The van der Waals surface area contributed by atoms with Crippen LogP contribution in [0.3, 0.4) is 0 Å². The summed E-state index contributed by atoms with van der Waals surface area (Å²) in [6.45, 7) is 11.2. The highest BCUT2D eigenvalue weighted by molar-refractivity contribution is 4.79. The standard InChI is InChI=1S/C10H20O/c1-7(2)9-5-11-6-10(9)8(3)4/h7-10H,5-6H2,1-4H3/t9-,10-/m1/s1. The molecule has 0 aromatic carbocycles. The molecule has 66 valence electrons. The van der Waals surface area contributed by atoms with Gasteiger partial charge in [-0.05, 0) is 23.7 Å². The molecule has 1 heterocycles. The lowest BCUT2D eigenvalue weighted by atomic mass is 9.80. The number of ether oxygens (including phenoxy) is 1. The molecule has 1 aliphatic rings. The van der Waals surface area contributed by atoms with Crippen LogP contribution in [-0.4, -0.2) is 13.2 Å². The van der Waals surface area contributed by atoms with Crippen molar-refractivity contribution in [3.05, 3.63) is 0 Å². The number of rotatable bonds is 2. The van der Waals surface area contributed by atoms with E-state index in [1.165, 1.54) is 0 Å². The molecular formula is C10H20O. The van der Waals surface area contributed by atoms with Crippen LogP contribution in [0.5, 0.6) is 0 Å². The normalized spacial score (nSPS) is 32.2. The van der Waals surface area contributed by atoms with Gasteiger partial charge in [0.2, 0.25) is 0 Å². The first-order valence-corrected chi connectivity index (χ1v) is 4.70. The van der Waals surface area contributed by atoms with Gasteiger partial charge in [-0.2, -0.15) is 0 Å². The summed E-state index contributed by atoms with van der Waals surface area (Å²) in [5, 5.41) is 0. The van der Waals surface area contributed by atoms with E-state index in [2.05, 4.69) is 27.7 Å². The van der Waals surface area contributed by atoms with Gasteiger partial charge in [-0.1, -0.05) is 27.7 Å². The van der Waals surface area contributed by atoms with Crippen LogP contribution in [0, 0.1) is 23.7 Å². The zero-order chi connectivity index (χ0) is 8.43. The summed E-state index contributed by atoms with van der Waals surface area (Å²) in [5.74, 6) is 3.17. The van der Waals surface area contributed by atoms with E-state index >= 15 is 0 Å². The number of hydrogen-bond acceptors (Lipinski definition) is 1. The minimum Gasteiger partial charge on any atom is -0.381 e. The summed E-state index contributed by atoms with van der Waals surface area (Å²) in [6.07, 6.45) is 0. The van der Waals surface area contributed by atoms with Crippen molar-refractivity contribution in [2.45, 2.75) is 27.7 Å². The third kappa shape index (κ3) is 1.96. The van der Waals surface area contributed by atoms with E-state index < -0.39 is 0 Å². The highest BCUT2D eigenvalue weighted by Crippen LogP contribution is 2.32. The summed E-state index contributed by atoms with van der Waals surface area (Å²) in [5.41, 5.74) is 0. The molecule has 0 spiro atoms. The van der Waals surface area contributed by atoms with Crippen molar-refractivity contribution in [1.82, 2.24) is 0 Å². The molecule has 1 saturated heterocycles. The molecule has 2 atom stereocenters. The molecule has 1 fully saturated rings. The van der Waals surface area contributed by atoms with Crippen molar-refractivity contribution in [2.75, 3.05) is 13.2 Å². The van der Waals surface area contributed by atoms with E-state index in [9.17, 15) is 0 Å². The van der Waals surface area contributed by atoms with Gasteiger partial charge in [0.15, 0.2) is 0 Å². The first-order valence-electron chi connectivity index (χ1n) is 4.70. The fourth-order valence-corrected chi connectivity index (χ4v) is 1.96. The van der Waals surface area contributed by atoms with E-state index in [0.717, 1.165) is 36.9 Å². The molecule has 0 N–H and O–H groups in total. The predicted octanol–water partition coefficient (Wildman–Crippen LogP) is 2.56. The summed E-state index contributed by atoms with van der Waals surface area (Å²) < 4.78 is 5.49. The molecule has 0 aromatic heterocycles. The predicted molar refractivity (Wildman–Crippen MR) is 47.5 cm³/mol. The molecule has 0 aromatic rings. The lowest BCUT2D eigenvalue weighted by molar-refractivity contribution is 0.172. The Balaban J connectivity index is 2.51. The maximum absolute atomic E-state index is 5.49. The molecule has 1 aliphatic heterocycles. The first-order chi connectivity index (χ1) is 5.13. The molecular weight excluding hydrogens is 136 g/mol. The van der Waals surface area contributed by atoms with E-state index in [1.54, 1.807) is 0 Å². The molecule has 0 bridgehead atoms. The monoisotopic (exact) mass is 156 g/mol. The van der Waals surface area contributed by atoms with E-state index in [0.29, 0.717) is 0 Å². The Labute approximate surface area is 70.1 Å². The third-order valence-electron chi connectivity index (χ3n) is 2.88. The SMILES string of the molecule is CC(C)[C@H]1COC[C@@H]1C(C)C. The Bertz CT molecular complexity index is 104. The van der Waals surface area contributed by atoms with Crippen LogP contribution in [0.4, 0.5) is 0 Å². The van der Waals surface area contributed by atoms with Gasteiger partial charge in [-0.15, -0.1) is 0 Å². The lowest BCUT2D eigenvalue weighted by Gasteiger charge is -2.23. The Morgan fingerprint density at radius 2 is 1.27 bits per heavy atom. The molecule has 0 radical (unpaired) electrons. The van der Waals surface area contributed by atoms with Crippen LogP contribution in [0.1, 0.15) is 27.7 Å². The molecule has 0 unspecified atom stereocenters. The third-order valence-corrected chi connectivity index (χ3v) is 2.88. The van der Waals surface area contributed by atoms with Crippen molar-refractivity contribution in [1.29, 1.82) is 0 Å². The van der Waals surface area contributed by atoms with Gasteiger partial charge in [0.05, 0.1) is 0 Å². The summed E-state index contributed by atoms with van der Waals surface area (Å²) in [4.78, 5) is 0. The molecule has 0 aliphatic carbocycles. The fraction of sp³-hybridized carbons (Fsp3) is 1.00. The second-order valence-corrected chi connectivity index (χ2v) is 4.35. The van der Waals surface area contributed by atoms with Crippen LogP contribution in [0.2, 0.25) is 0 Å². The van der Waals surface area contributed by atoms with Crippen molar-refractivity contribution in [3.8, 4) is 0 Å². The summed E-state index contributed by atoms with van der Waals surface area (Å²) in [7, 11) is 0. The fourth-order valence-electron chi connectivity index (χ4n) is 1.96. The van der Waals surface area contributed by atoms with E-state index in [-0.39, 0.29) is 0 Å². The Morgan fingerprint density at radius 3 is 1.55 bits per heavy atom. The van der Waals surface area contributed by atoms with Gasteiger partial charge in [0, 0.05) is 13.2 Å². The molecule has 1 heteroatoms. The van der Waals surface area contributed by atoms with Gasteiger partial charge >= 0.3 is 0 Å². The van der Waals surface area contributed by atoms with Crippen LogP contribution < -0.4 is 0 Å². The highest BCUT2D eigenvalue weighted by atomic mass is 16.5. The molecule has 0 amide bonds. The minimum atomic E-state index is 0.782. The van der Waals surface area contributed by atoms with Gasteiger partial charge in [0.1, 0.15) is 0 Å². The molecule has 1 rings (SSSR count). The van der Waals surface area contributed by atoms with Crippen molar-refractivity contribution in [3.63, 3.8) is 0 Å². The van der Waals surface area contributed by atoms with Gasteiger partial charge in [0.25, 0.3) is 0 Å². The van der Waals surface area contributed by atoms with Crippen LogP contribution >= 0.6 is 0 Å². The zero-order valence-corrected chi connectivity index (χ0v) is 8.13. The molecule has 11 heavy (non-hydrogen) atoms. The Morgan fingerprint density at radius 1 is 0.909 bits per heavy atom. The van der Waals surface area contributed by atoms with Gasteiger partial charge < -0.3 is 4.74 Å². The molecule has 1 nitrogen and oxygen atoms in total. The second kappa shape index (κ2) is 3.57. The van der Waals surface area contributed by atoms with E-state index in [4.69, 9.17) is 4.74 Å². The maximum atomic E-state index is 5.49. The lowest BCUT2D eigenvalue weighted by Crippen LogP contribution is -2.22. The van der Waals surface area contributed by atoms with Crippen molar-refractivity contribution in [2.24, 2.45) is 23.7 Å². The van der Waals surface area contributed by atoms with Crippen LogP contribution in [-0.2, 0) is 4.74 Å². The smallest absolute Gasteiger partial charge is 0.0500 e. The largest absolute Gasteiger partial charge is 0.381 e. The van der Waals surface area contributed by atoms with E-state index in [1.807, 2.05) is 0 Å².